The molecule has 0 aliphatic rings. The molecular weight excluding hydrogens is 656 g/mol. The minimum atomic E-state index is -0.766. The lowest BCUT2D eigenvalue weighted by molar-refractivity contribution is -0.132. The topological polar surface area (TPSA) is 105 Å². The molecular formula is C44H30O8. The number of rotatable bonds is 8. The van der Waals surface area contributed by atoms with Crippen molar-refractivity contribution in [2.24, 2.45) is 0 Å². The van der Waals surface area contributed by atoms with Crippen LogP contribution >= 0.6 is 0 Å². The van der Waals surface area contributed by atoms with Crippen LogP contribution in [0.5, 0.6) is 23.0 Å². The van der Waals surface area contributed by atoms with Crippen LogP contribution in [0, 0.1) is 35.5 Å². The molecule has 4 rings (SSSR count). The van der Waals surface area contributed by atoms with Gasteiger partial charge in [0.1, 0.15) is 11.5 Å². The average molecular weight is 687 g/mol. The van der Waals surface area contributed by atoms with Crippen LogP contribution in [0.25, 0.3) is 0 Å². The summed E-state index contributed by atoms with van der Waals surface area (Å²) in [6.45, 7) is 17.0. The van der Waals surface area contributed by atoms with Gasteiger partial charge >= 0.3 is 23.9 Å². The molecule has 0 spiro atoms. The first-order valence-corrected chi connectivity index (χ1v) is 15.4. The van der Waals surface area contributed by atoms with Gasteiger partial charge in [-0.3, -0.25) is 0 Å². The first-order valence-electron chi connectivity index (χ1n) is 15.4. The van der Waals surface area contributed by atoms with Crippen LogP contribution in [0.1, 0.15) is 47.2 Å². The van der Waals surface area contributed by atoms with Crippen LogP contribution in [0.3, 0.4) is 0 Å². The maximum absolute atomic E-state index is 12.8. The van der Waals surface area contributed by atoms with Gasteiger partial charge in [0.25, 0.3) is 0 Å². The number of ether oxygens (including phenoxy) is 4. The fourth-order valence-corrected chi connectivity index (χ4v) is 3.91. The molecule has 0 amide bonds. The van der Waals surface area contributed by atoms with E-state index in [1.54, 1.807) is 84.9 Å². The van der Waals surface area contributed by atoms with Crippen LogP contribution in [-0.2, 0) is 19.2 Å². The summed E-state index contributed by atoms with van der Waals surface area (Å²) in [5.41, 5.74) is 3.31. The van der Waals surface area contributed by atoms with E-state index >= 15 is 0 Å². The van der Waals surface area contributed by atoms with Gasteiger partial charge < -0.3 is 18.9 Å². The number of benzene rings is 4. The molecule has 4 aromatic carbocycles. The zero-order chi connectivity index (χ0) is 37.6. The third-order valence-corrected chi connectivity index (χ3v) is 6.60. The molecule has 0 fully saturated rings. The predicted molar refractivity (Wildman–Crippen MR) is 196 cm³/mol. The van der Waals surface area contributed by atoms with Gasteiger partial charge in [0.05, 0.1) is 11.1 Å². The van der Waals surface area contributed by atoms with Crippen molar-refractivity contribution in [2.45, 2.75) is 13.8 Å². The van der Waals surface area contributed by atoms with Crippen molar-refractivity contribution >= 4 is 23.9 Å². The third-order valence-electron chi connectivity index (χ3n) is 6.60. The molecule has 0 atom stereocenters. The van der Waals surface area contributed by atoms with Gasteiger partial charge in [0.15, 0.2) is 11.5 Å². The molecule has 0 bridgehead atoms. The Morgan fingerprint density at radius 2 is 0.750 bits per heavy atom. The highest BCUT2D eigenvalue weighted by Gasteiger charge is 2.22. The van der Waals surface area contributed by atoms with E-state index in [0.717, 1.165) is 23.3 Å². The number of esters is 4. The van der Waals surface area contributed by atoms with Crippen LogP contribution in [0.2, 0.25) is 0 Å². The van der Waals surface area contributed by atoms with E-state index in [-0.39, 0.29) is 33.8 Å². The zero-order valence-corrected chi connectivity index (χ0v) is 28.3. The molecule has 0 saturated heterocycles. The SMILES string of the molecule is C=CC(=O)Oc1ccc(C#Cc2ccc(C#Cc3ccc(C#Cc4ccc(OC(=O)C=C)cc4)c(OC(=O)C(=C)C)c3OC(=O)C(=C)C)cc2)cc1. The van der Waals surface area contributed by atoms with E-state index in [9.17, 15) is 19.2 Å². The van der Waals surface area contributed by atoms with Crippen LogP contribution in [0.15, 0.2) is 135 Å². The third kappa shape index (κ3) is 10.7. The highest BCUT2D eigenvalue weighted by atomic mass is 16.6. The summed E-state index contributed by atoms with van der Waals surface area (Å²) >= 11 is 0. The fraction of sp³-hybridized carbons (Fsp3) is 0.0455. The van der Waals surface area contributed by atoms with Crippen molar-refractivity contribution < 1.29 is 38.1 Å². The lowest BCUT2D eigenvalue weighted by Gasteiger charge is -2.14. The first kappa shape index (κ1) is 37.2. The van der Waals surface area contributed by atoms with Crippen molar-refractivity contribution in [3.05, 3.63) is 168 Å². The summed E-state index contributed by atoms with van der Waals surface area (Å²) in [6.07, 6.45) is 2.14. The molecule has 52 heavy (non-hydrogen) atoms. The number of carbonyl (C=O) groups is 4. The summed E-state index contributed by atoms with van der Waals surface area (Å²) in [7, 11) is 0. The van der Waals surface area contributed by atoms with E-state index in [1.807, 2.05) is 0 Å². The van der Waals surface area contributed by atoms with Crippen LogP contribution in [0.4, 0.5) is 0 Å². The summed E-state index contributed by atoms with van der Waals surface area (Å²) < 4.78 is 21.5. The number of hydrogen-bond acceptors (Lipinski definition) is 8. The van der Waals surface area contributed by atoms with Crippen molar-refractivity contribution in [2.75, 3.05) is 0 Å². The average Bonchev–Trinajstić information content (AvgIpc) is 3.14. The van der Waals surface area contributed by atoms with Gasteiger partial charge in [0.2, 0.25) is 0 Å². The Morgan fingerprint density at radius 3 is 1.04 bits per heavy atom. The van der Waals surface area contributed by atoms with E-state index in [0.29, 0.717) is 22.6 Å². The fourth-order valence-electron chi connectivity index (χ4n) is 3.91. The molecule has 4 aromatic rings. The summed E-state index contributed by atoms with van der Waals surface area (Å²) in [5.74, 6) is 15.9. The minimum Gasteiger partial charge on any atom is -0.423 e. The lowest BCUT2D eigenvalue weighted by Crippen LogP contribution is -2.14. The highest BCUT2D eigenvalue weighted by Crippen LogP contribution is 2.36. The number of carbonyl (C=O) groups excluding carboxylic acids is 4. The highest BCUT2D eigenvalue weighted by molar-refractivity contribution is 5.92. The van der Waals surface area contributed by atoms with E-state index in [4.69, 9.17) is 18.9 Å². The van der Waals surface area contributed by atoms with Gasteiger partial charge in [-0.25, -0.2) is 19.2 Å². The second-order valence-corrected chi connectivity index (χ2v) is 10.8. The predicted octanol–water partition coefficient (Wildman–Crippen LogP) is 7.03. The Morgan fingerprint density at radius 1 is 0.462 bits per heavy atom. The summed E-state index contributed by atoms with van der Waals surface area (Å²) in [4.78, 5) is 48.4. The maximum atomic E-state index is 12.8. The van der Waals surface area contributed by atoms with Gasteiger partial charge in [0, 0.05) is 45.6 Å². The molecule has 0 unspecified atom stereocenters. The summed E-state index contributed by atoms with van der Waals surface area (Å²) in [5, 5.41) is 0. The normalized spacial score (nSPS) is 9.50. The Bertz CT molecular complexity index is 2290. The Balaban J connectivity index is 1.67. The lowest BCUT2D eigenvalue weighted by atomic mass is 10.1. The molecule has 8 heteroatoms. The zero-order valence-electron chi connectivity index (χ0n) is 28.3. The summed E-state index contributed by atoms with van der Waals surface area (Å²) in [6, 6.07) is 23.5. The van der Waals surface area contributed by atoms with E-state index in [2.05, 4.69) is 61.8 Å². The monoisotopic (exact) mass is 686 g/mol. The molecule has 0 aliphatic heterocycles. The molecule has 0 saturated carbocycles. The quantitative estimate of drug-likeness (QED) is 0.0843. The van der Waals surface area contributed by atoms with E-state index in [1.165, 1.54) is 13.8 Å². The first-order chi connectivity index (χ1) is 24.9. The van der Waals surface area contributed by atoms with Gasteiger partial charge in [-0.15, -0.1) is 0 Å². The van der Waals surface area contributed by atoms with Gasteiger partial charge in [-0.1, -0.05) is 61.8 Å². The van der Waals surface area contributed by atoms with Gasteiger partial charge in [-0.2, -0.15) is 0 Å². The molecule has 0 aromatic heterocycles. The van der Waals surface area contributed by atoms with Crippen molar-refractivity contribution in [3.8, 4) is 58.5 Å². The van der Waals surface area contributed by atoms with Crippen LogP contribution in [-0.4, -0.2) is 23.9 Å². The molecule has 8 nitrogen and oxygen atoms in total. The second kappa shape index (κ2) is 17.7. The minimum absolute atomic E-state index is 0.103. The Labute approximate surface area is 301 Å². The van der Waals surface area contributed by atoms with Gasteiger partial charge in [-0.05, 0) is 98.8 Å². The smallest absolute Gasteiger partial charge is 0.338 e. The molecule has 0 N–H and O–H groups in total. The largest absolute Gasteiger partial charge is 0.423 e. The molecule has 0 radical (unpaired) electrons. The second-order valence-electron chi connectivity index (χ2n) is 10.8. The molecule has 0 aliphatic carbocycles. The molecule has 254 valence electrons. The maximum Gasteiger partial charge on any atom is 0.338 e. The Kier molecular flexibility index (Phi) is 12.7. The van der Waals surface area contributed by atoms with Crippen molar-refractivity contribution in [1.82, 2.24) is 0 Å². The van der Waals surface area contributed by atoms with Crippen molar-refractivity contribution in [3.63, 3.8) is 0 Å². The van der Waals surface area contributed by atoms with Crippen LogP contribution < -0.4 is 18.9 Å². The van der Waals surface area contributed by atoms with Crippen molar-refractivity contribution in [1.29, 1.82) is 0 Å². The van der Waals surface area contributed by atoms with E-state index < -0.39 is 23.9 Å². The standard InChI is InChI=1S/C44H30O8/c1-7-39(45)49-37-25-17-33(18-26-37)14-11-31-9-12-32(13-10-31)15-21-35-23-24-36(22-16-34-19-27-38(28-20-34)50-40(46)8-2)42(52-44(48)30(5)6)41(35)51-43(47)29(3)4/h7-10,12-13,17-20,23-28H,1-3,5H2,4,6H3. The Hall–Kier alpha value is -7.60. The molecule has 0 heterocycles. The number of hydrogen-bond donors (Lipinski definition) is 0.